The lowest BCUT2D eigenvalue weighted by Gasteiger charge is -2.35. The second-order valence-corrected chi connectivity index (χ2v) is 15.7. The standard InChI is InChI=1S/C42H45FN6O4S/c43-31-12-10-30(11-13-31)42(20-2-3-21-42)40(52)48-23-5-7-36(48)38(50)45-32-14-8-29(9-15-32)37-39(51)49(28-34-6-1-4-22-44-34)41(54-37)46-33-16-18-35(19-17-33)47-24-26-53-27-25-47/h1,4,6,8-18,22,35-37H,2-3,5,7,19-21,23-28H2,(H,45,50)/t35?,36-,37?/m0/s1. The predicted molar refractivity (Wildman–Crippen MR) is 207 cm³/mol. The average molecular weight is 749 g/mol. The molecule has 4 heterocycles. The van der Waals surface area contributed by atoms with Crippen molar-refractivity contribution in [3.8, 4) is 0 Å². The van der Waals surface area contributed by atoms with Crippen LogP contribution in [-0.4, -0.2) is 87.5 Å². The zero-order valence-electron chi connectivity index (χ0n) is 30.2. The number of allylic oxidation sites excluding steroid dienone is 1. The smallest absolute Gasteiger partial charge is 0.247 e. The van der Waals surface area contributed by atoms with E-state index in [9.17, 15) is 18.8 Å². The van der Waals surface area contributed by atoms with Gasteiger partial charge in [0.15, 0.2) is 5.17 Å². The number of amides is 3. The Bertz CT molecular complexity index is 1940. The summed E-state index contributed by atoms with van der Waals surface area (Å²) in [5.74, 6) is -0.675. The average Bonchev–Trinajstić information content (AvgIpc) is 3.98. The first-order valence-corrected chi connectivity index (χ1v) is 19.9. The number of rotatable bonds is 9. The van der Waals surface area contributed by atoms with Crippen LogP contribution in [0.15, 0.2) is 102 Å². The minimum atomic E-state index is -0.731. The van der Waals surface area contributed by atoms with Crippen LogP contribution in [-0.2, 0) is 31.1 Å². The number of aromatic nitrogens is 1. The lowest BCUT2D eigenvalue weighted by molar-refractivity contribution is -0.141. The highest BCUT2D eigenvalue weighted by atomic mass is 32.2. The molecule has 12 heteroatoms. The molecule has 3 aromatic rings. The van der Waals surface area contributed by atoms with Crippen molar-refractivity contribution in [1.29, 1.82) is 0 Å². The van der Waals surface area contributed by atoms with Crippen LogP contribution in [0.25, 0.3) is 0 Å². The topological polar surface area (TPSA) is 107 Å². The van der Waals surface area contributed by atoms with E-state index in [4.69, 9.17) is 9.73 Å². The highest BCUT2D eigenvalue weighted by molar-refractivity contribution is 8.15. The van der Waals surface area contributed by atoms with E-state index in [1.165, 1.54) is 23.9 Å². The van der Waals surface area contributed by atoms with Crippen LogP contribution in [0.3, 0.4) is 0 Å². The van der Waals surface area contributed by atoms with Gasteiger partial charge in [-0.05, 0) is 85.7 Å². The van der Waals surface area contributed by atoms with Gasteiger partial charge in [0.2, 0.25) is 17.7 Å². The van der Waals surface area contributed by atoms with Gasteiger partial charge in [-0.15, -0.1) is 0 Å². The van der Waals surface area contributed by atoms with Gasteiger partial charge in [-0.1, -0.05) is 67.1 Å². The van der Waals surface area contributed by atoms with Crippen LogP contribution < -0.4 is 5.32 Å². The number of carbonyl (C=O) groups is 3. The van der Waals surface area contributed by atoms with Crippen molar-refractivity contribution in [3.05, 3.63) is 119 Å². The van der Waals surface area contributed by atoms with E-state index < -0.39 is 16.7 Å². The Morgan fingerprint density at radius 3 is 2.46 bits per heavy atom. The highest BCUT2D eigenvalue weighted by Crippen LogP contribution is 2.44. The second-order valence-electron chi connectivity index (χ2n) is 14.6. The van der Waals surface area contributed by atoms with Gasteiger partial charge < -0.3 is 15.0 Å². The summed E-state index contributed by atoms with van der Waals surface area (Å²) in [7, 11) is 0. The first kappa shape index (κ1) is 36.3. The summed E-state index contributed by atoms with van der Waals surface area (Å²) in [5, 5.41) is 3.15. The molecule has 1 N–H and O–H groups in total. The third-order valence-corrected chi connectivity index (χ3v) is 12.6. The van der Waals surface area contributed by atoms with Gasteiger partial charge in [-0.3, -0.25) is 29.2 Å². The van der Waals surface area contributed by atoms with Crippen LogP contribution >= 0.6 is 11.8 Å². The predicted octanol–water partition coefficient (Wildman–Crippen LogP) is 6.38. The number of likely N-dealkylation sites (tertiary alicyclic amines) is 1. The number of amidine groups is 1. The lowest BCUT2D eigenvalue weighted by Crippen LogP contribution is -2.51. The third kappa shape index (κ3) is 7.51. The van der Waals surface area contributed by atoms with Crippen LogP contribution in [0.4, 0.5) is 10.1 Å². The quantitative estimate of drug-likeness (QED) is 0.271. The summed E-state index contributed by atoms with van der Waals surface area (Å²) < 4.78 is 19.3. The number of pyridine rings is 1. The molecule has 3 saturated heterocycles. The summed E-state index contributed by atoms with van der Waals surface area (Å²) in [6.07, 6.45) is 13.5. The van der Waals surface area contributed by atoms with E-state index in [2.05, 4.69) is 27.4 Å². The molecular formula is C42H45FN6O4S. The van der Waals surface area contributed by atoms with Gasteiger partial charge in [0.05, 0.1) is 36.6 Å². The maximum atomic E-state index is 14.2. The molecule has 5 aliphatic rings. The molecule has 4 fully saturated rings. The van der Waals surface area contributed by atoms with Gasteiger partial charge in [-0.25, -0.2) is 9.38 Å². The fourth-order valence-corrected chi connectivity index (χ4v) is 9.59. The number of ether oxygens (including phenoxy) is 1. The number of aliphatic imine (C=N–C) groups is 1. The number of nitrogens with one attached hydrogen (secondary N) is 1. The lowest BCUT2D eigenvalue weighted by atomic mass is 9.77. The fourth-order valence-electron chi connectivity index (χ4n) is 8.42. The summed E-state index contributed by atoms with van der Waals surface area (Å²) in [6.45, 7) is 4.15. The summed E-state index contributed by atoms with van der Waals surface area (Å²) in [5.41, 5.74) is 3.10. The number of halogens is 1. The molecule has 1 saturated carbocycles. The first-order chi connectivity index (χ1) is 26.4. The van der Waals surface area contributed by atoms with E-state index in [0.29, 0.717) is 49.2 Å². The maximum absolute atomic E-state index is 14.2. The zero-order valence-corrected chi connectivity index (χ0v) is 31.1. The van der Waals surface area contributed by atoms with Crippen molar-refractivity contribution in [2.75, 3.05) is 38.2 Å². The van der Waals surface area contributed by atoms with Gasteiger partial charge in [0.25, 0.3) is 0 Å². The van der Waals surface area contributed by atoms with Crippen LogP contribution in [0.1, 0.15) is 67.0 Å². The van der Waals surface area contributed by atoms with E-state index in [0.717, 1.165) is 74.5 Å². The Morgan fingerprint density at radius 1 is 0.981 bits per heavy atom. The van der Waals surface area contributed by atoms with Crippen LogP contribution in [0.5, 0.6) is 0 Å². The Hall–Kier alpha value is -4.65. The summed E-state index contributed by atoms with van der Waals surface area (Å²) >= 11 is 1.42. The minimum Gasteiger partial charge on any atom is -0.379 e. The molecule has 8 rings (SSSR count). The Balaban J connectivity index is 0.958. The monoisotopic (exact) mass is 748 g/mol. The van der Waals surface area contributed by atoms with E-state index in [-0.39, 0.29) is 23.5 Å². The fraction of sp³-hybridized carbons (Fsp3) is 0.405. The van der Waals surface area contributed by atoms with Crippen molar-refractivity contribution in [1.82, 2.24) is 19.7 Å². The molecule has 3 aliphatic heterocycles. The minimum absolute atomic E-state index is 0.0412. The molecule has 2 aliphatic carbocycles. The molecule has 3 amide bonds. The molecular weight excluding hydrogens is 704 g/mol. The number of nitrogens with zero attached hydrogens (tertiary/aromatic N) is 5. The van der Waals surface area contributed by atoms with E-state index in [1.807, 2.05) is 48.5 Å². The van der Waals surface area contributed by atoms with Crippen LogP contribution in [0, 0.1) is 5.82 Å². The first-order valence-electron chi connectivity index (χ1n) is 19.0. The van der Waals surface area contributed by atoms with Crippen molar-refractivity contribution < 1.29 is 23.5 Å². The SMILES string of the molecule is O=C(Nc1ccc(C2SC(=NC3=CCC(N4CCOCC4)C=C3)N(Cc3ccccn3)C2=O)cc1)[C@@H]1CCCN1C(=O)C1(c2ccc(F)cc2)CCCC1. The summed E-state index contributed by atoms with van der Waals surface area (Å²) in [6, 6.07) is 19.0. The Morgan fingerprint density at radius 2 is 1.76 bits per heavy atom. The number of hydrogen-bond donors (Lipinski definition) is 1. The molecule has 280 valence electrons. The second kappa shape index (κ2) is 16.0. The van der Waals surface area contributed by atoms with E-state index in [1.54, 1.807) is 28.1 Å². The van der Waals surface area contributed by atoms with Gasteiger partial charge in [-0.2, -0.15) is 0 Å². The van der Waals surface area contributed by atoms with E-state index >= 15 is 0 Å². The molecule has 3 atom stereocenters. The maximum Gasteiger partial charge on any atom is 0.247 e. The molecule has 54 heavy (non-hydrogen) atoms. The molecule has 0 bridgehead atoms. The summed E-state index contributed by atoms with van der Waals surface area (Å²) in [4.78, 5) is 57.3. The number of thioether (sulfide) groups is 1. The number of carbonyl (C=O) groups excluding carboxylic acids is 3. The molecule has 0 radical (unpaired) electrons. The Kier molecular flexibility index (Phi) is 10.8. The molecule has 10 nitrogen and oxygen atoms in total. The third-order valence-electron chi connectivity index (χ3n) is 11.3. The number of hydrogen-bond acceptors (Lipinski definition) is 8. The van der Waals surface area contributed by atoms with Crippen LogP contribution in [0.2, 0.25) is 0 Å². The normalized spacial score (nSPS) is 25.0. The largest absolute Gasteiger partial charge is 0.379 e. The molecule has 0 spiro atoms. The number of anilines is 1. The molecule has 2 unspecified atom stereocenters. The molecule has 1 aromatic heterocycles. The van der Waals surface area contributed by atoms with Crippen molar-refractivity contribution in [3.63, 3.8) is 0 Å². The zero-order chi connectivity index (χ0) is 37.1. The van der Waals surface area contributed by atoms with Crippen molar-refractivity contribution in [2.45, 2.75) is 74.2 Å². The van der Waals surface area contributed by atoms with Crippen molar-refractivity contribution >= 4 is 40.3 Å². The Labute approximate surface area is 319 Å². The van der Waals surface area contributed by atoms with Gasteiger partial charge in [0.1, 0.15) is 17.1 Å². The number of benzene rings is 2. The van der Waals surface area contributed by atoms with Gasteiger partial charge in [0, 0.05) is 37.6 Å². The van der Waals surface area contributed by atoms with Crippen molar-refractivity contribution in [2.24, 2.45) is 4.99 Å². The number of morpholine rings is 1. The highest BCUT2D eigenvalue weighted by Gasteiger charge is 2.48. The van der Waals surface area contributed by atoms with Gasteiger partial charge >= 0.3 is 0 Å². The molecule has 2 aromatic carbocycles.